The molecule has 0 radical (unpaired) electrons. The standard InChI is InChI=1S/C26H26N4OS/c1-2-3-18-31-24-16-14-21(15-17-24)19-27-30-25(23-12-8-5-9-13-23)28-29-26(30)32-20-22-10-6-4-7-11-22/h4-17,19H,2-3,18,20H2,1H3/b27-19-. The predicted octanol–water partition coefficient (Wildman–Crippen LogP) is 6.30. The van der Waals surface area contributed by atoms with Crippen LogP contribution in [0.5, 0.6) is 5.75 Å². The lowest BCUT2D eigenvalue weighted by molar-refractivity contribution is 0.309. The maximum absolute atomic E-state index is 5.75. The van der Waals surface area contributed by atoms with E-state index in [0.717, 1.165) is 53.1 Å². The first kappa shape index (κ1) is 21.8. The highest BCUT2D eigenvalue weighted by Gasteiger charge is 2.14. The van der Waals surface area contributed by atoms with Gasteiger partial charge in [-0.1, -0.05) is 85.8 Å². The number of benzene rings is 3. The molecule has 0 aliphatic rings. The third-order valence-corrected chi connectivity index (χ3v) is 5.81. The summed E-state index contributed by atoms with van der Waals surface area (Å²) in [5, 5.41) is 14.3. The van der Waals surface area contributed by atoms with Crippen LogP contribution in [0.25, 0.3) is 11.4 Å². The second-order valence-corrected chi connectivity index (χ2v) is 8.22. The summed E-state index contributed by atoms with van der Waals surface area (Å²) in [7, 11) is 0. The lowest BCUT2D eigenvalue weighted by Gasteiger charge is -2.06. The van der Waals surface area contributed by atoms with E-state index in [1.165, 1.54) is 5.56 Å². The molecule has 0 saturated heterocycles. The predicted molar refractivity (Wildman–Crippen MR) is 131 cm³/mol. The molecule has 162 valence electrons. The van der Waals surface area contributed by atoms with Crippen LogP contribution in [0.3, 0.4) is 0 Å². The molecular weight excluding hydrogens is 416 g/mol. The molecule has 1 aromatic heterocycles. The molecule has 0 aliphatic carbocycles. The van der Waals surface area contributed by atoms with Crippen LogP contribution >= 0.6 is 11.8 Å². The topological polar surface area (TPSA) is 52.3 Å². The second kappa shape index (κ2) is 11.3. The molecule has 0 unspecified atom stereocenters. The summed E-state index contributed by atoms with van der Waals surface area (Å²) in [4.78, 5) is 0. The Bertz CT molecular complexity index is 1130. The van der Waals surface area contributed by atoms with E-state index < -0.39 is 0 Å². The zero-order valence-corrected chi connectivity index (χ0v) is 18.9. The first-order chi connectivity index (χ1) is 15.8. The number of nitrogens with zero attached hydrogens (tertiary/aromatic N) is 4. The molecule has 0 amide bonds. The van der Waals surface area contributed by atoms with E-state index in [9.17, 15) is 0 Å². The maximum atomic E-state index is 5.75. The molecule has 3 aromatic carbocycles. The number of thioether (sulfide) groups is 1. The molecule has 0 bridgehead atoms. The zero-order valence-electron chi connectivity index (χ0n) is 18.1. The summed E-state index contributed by atoms with van der Waals surface area (Å²) in [6.45, 7) is 2.90. The molecule has 4 aromatic rings. The van der Waals surface area contributed by atoms with Crippen molar-refractivity contribution in [2.75, 3.05) is 6.61 Å². The zero-order chi connectivity index (χ0) is 22.0. The molecule has 0 spiro atoms. The molecule has 5 nitrogen and oxygen atoms in total. The van der Waals surface area contributed by atoms with Crippen LogP contribution in [0.4, 0.5) is 0 Å². The van der Waals surface area contributed by atoms with Gasteiger partial charge in [0.05, 0.1) is 12.8 Å². The van der Waals surface area contributed by atoms with Gasteiger partial charge in [0.25, 0.3) is 0 Å². The van der Waals surface area contributed by atoms with Crippen LogP contribution in [0.2, 0.25) is 0 Å². The van der Waals surface area contributed by atoms with Gasteiger partial charge in [-0.25, -0.2) is 0 Å². The Morgan fingerprint density at radius 1 is 0.906 bits per heavy atom. The highest BCUT2D eigenvalue weighted by molar-refractivity contribution is 7.98. The Hall–Kier alpha value is -3.38. The molecular formula is C26H26N4OS. The Morgan fingerprint density at radius 3 is 2.34 bits per heavy atom. The fourth-order valence-corrected chi connectivity index (χ4v) is 3.90. The van der Waals surface area contributed by atoms with E-state index in [-0.39, 0.29) is 0 Å². The number of ether oxygens (including phenoxy) is 1. The quantitative estimate of drug-likeness (QED) is 0.164. The summed E-state index contributed by atoms with van der Waals surface area (Å²) in [6, 6.07) is 28.3. The monoisotopic (exact) mass is 442 g/mol. The Balaban J connectivity index is 1.55. The normalized spacial score (nSPS) is 11.2. The van der Waals surface area contributed by atoms with E-state index in [1.807, 2.05) is 83.7 Å². The average molecular weight is 443 g/mol. The highest BCUT2D eigenvalue weighted by Crippen LogP contribution is 2.26. The van der Waals surface area contributed by atoms with Gasteiger partial charge in [-0.15, -0.1) is 10.2 Å². The first-order valence-corrected chi connectivity index (χ1v) is 11.8. The van der Waals surface area contributed by atoms with Gasteiger partial charge in [0.15, 0.2) is 5.82 Å². The average Bonchev–Trinajstić information content (AvgIpc) is 3.26. The van der Waals surface area contributed by atoms with Crippen LogP contribution < -0.4 is 4.74 Å². The summed E-state index contributed by atoms with van der Waals surface area (Å²) in [5.74, 6) is 2.40. The number of aromatic nitrogens is 3. The number of rotatable bonds is 10. The third-order valence-electron chi connectivity index (χ3n) is 4.82. The Kier molecular flexibility index (Phi) is 7.71. The smallest absolute Gasteiger partial charge is 0.212 e. The fourth-order valence-electron chi connectivity index (χ4n) is 3.06. The van der Waals surface area contributed by atoms with E-state index in [2.05, 4.69) is 29.3 Å². The lowest BCUT2D eigenvalue weighted by atomic mass is 10.2. The fraction of sp³-hybridized carbons (Fsp3) is 0.192. The van der Waals surface area contributed by atoms with Crippen molar-refractivity contribution in [3.63, 3.8) is 0 Å². The van der Waals surface area contributed by atoms with Crippen molar-refractivity contribution >= 4 is 18.0 Å². The molecule has 4 rings (SSSR count). The van der Waals surface area contributed by atoms with Gasteiger partial charge < -0.3 is 4.74 Å². The summed E-state index contributed by atoms with van der Waals surface area (Å²) in [5.41, 5.74) is 3.19. The van der Waals surface area contributed by atoms with Crippen molar-refractivity contribution in [3.8, 4) is 17.1 Å². The van der Waals surface area contributed by atoms with Gasteiger partial charge in [0, 0.05) is 11.3 Å². The largest absolute Gasteiger partial charge is 0.494 e. The number of unbranched alkanes of at least 4 members (excludes halogenated alkanes) is 1. The maximum Gasteiger partial charge on any atom is 0.212 e. The highest BCUT2D eigenvalue weighted by atomic mass is 32.2. The van der Waals surface area contributed by atoms with Crippen LogP contribution in [0.1, 0.15) is 30.9 Å². The van der Waals surface area contributed by atoms with Crippen molar-refractivity contribution < 1.29 is 4.74 Å². The molecule has 0 fully saturated rings. The number of hydrogen-bond donors (Lipinski definition) is 0. The van der Waals surface area contributed by atoms with E-state index in [0.29, 0.717) is 0 Å². The van der Waals surface area contributed by atoms with E-state index in [4.69, 9.17) is 9.84 Å². The molecule has 1 heterocycles. The van der Waals surface area contributed by atoms with Crippen molar-refractivity contribution in [2.24, 2.45) is 5.10 Å². The van der Waals surface area contributed by atoms with Crippen molar-refractivity contribution in [2.45, 2.75) is 30.7 Å². The SMILES string of the molecule is CCCCOc1ccc(/C=N\n2c(SCc3ccccc3)nnc2-c2ccccc2)cc1. The van der Waals surface area contributed by atoms with E-state index in [1.54, 1.807) is 11.8 Å². The summed E-state index contributed by atoms with van der Waals surface area (Å²) in [6.07, 6.45) is 4.01. The first-order valence-electron chi connectivity index (χ1n) is 10.8. The van der Waals surface area contributed by atoms with E-state index >= 15 is 0 Å². The summed E-state index contributed by atoms with van der Waals surface area (Å²) < 4.78 is 7.56. The van der Waals surface area contributed by atoms with Gasteiger partial charge in [0.1, 0.15) is 5.75 Å². The molecule has 0 N–H and O–H groups in total. The van der Waals surface area contributed by atoms with Gasteiger partial charge in [0.2, 0.25) is 5.16 Å². The molecule has 0 saturated carbocycles. The number of hydrogen-bond acceptors (Lipinski definition) is 5. The van der Waals surface area contributed by atoms with Crippen LogP contribution in [0.15, 0.2) is 95.2 Å². The Labute approximate surface area is 193 Å². The minimum Gasteiger partial charge on any atom is -0.494 e. The third kappa shape index (κ3) is 5.86. The minimum atomic E-state index is 0.719. The van der Waals surface area contributed by atoms with Crippen molar-refractivity contribution in [1.29, 1.82) is 0 Å². The Morgan fingerprint density at radius 2 is 1.62 bits per heavy atom. The molecule has 0 aliphatic heterocycles. The van der Waals surface area contributed by atoms with Gasteiger partial charge >= 0.3 is 0 Å². The second-order valence-electron chi connectivity index (χ2n) is 7.27. The van der Waals surface area contributed by atoms with Crippen molar-refractivity contribution in [1.82, 2.24) is 14.9 Å². The lowest BCUT2D eigenvalue weighted by Crippen LogP contribution is -1.98. The van der Waals surface area contributed by atoms with Gasteiger partial charge in [-0.3, -0.25) is 0 Å². The van der Waals surface area contributed by atoms with Crippen LogP contribution in [0, 0.1) is 0 Å². The summed E-state index contributed by atoms with van der Waals surface area (Å²) >= 11 is 1.62. The van der Waals surface area contributed by atoms with Gasteiger partial charge in [-0.05, 0) is 41.8 Å². The van der Waals surface area contributed by atoms with Crippen LogP contribution in [-0.2, 0) is 5.75 Å². The minimum absolute atomic E-state index is 0.719. The van der Waals surface area contributed by atoms with Crippen LogP contribution in [-0.4, -0.2) is 27.7 Å². The molecule has 32 heavy (non-hydrogen) atoms. The van der Waals surface area contributed by atoms with Crippen molar-refractivity contribution in [3.05, 3.63) is 96.1 Å². The molecule has 6 heteroatoms. The van der Waals surface area contributed by atoms with Gasteiger partial charge in [-0.2, -0.15) is 9.78 Å². The molecule has 0 atom stereocenters.